The van der Waals surface area contributed by atoms with Crippen molar-refractivity contribution in [1.82, 2.24) is 0 Å². The van der Waals surface area contributed by atoms with Gasteiger partial charge in [-0.3, -0.25) is 4.79 Å². The molecule has 2 heteroatoms. The second-order valence-electron chi connectivity index (χ2n) is 2.54. The van der Waals surface area contributed by atoms with Gasteiger partial charge in [0, 0.05) is 11.3 Å². The Morgan fingerprint density at radius 2 is 2.09 bits per heavy atom. The zero-order valence-corrected chi connectivity index (χ0v) is 6.86. The first-order chi connectivity index (χ1) is 5.38. The molecule has 0 radical (unpaired) electrons. The Kier molecular flexibility index (Phi) is 1.70. The third kappa shape index (κ3) is 1.18. The monoisotopic (exact) mass is 164 g/mol. The minimum atomic E-state index is 0.229. The minimum Gasteiger partial charge on any atom is -0.282 e. The molecule has 0 atom stereocenters. The highest BCUT2D eigenvalue weighted by atomic mass is 32.2. The maximum absolute atomic E-state index is 11.2. The molecule has 1 nitrogen and oxygen atoms in total. The Morgan fingerprint density at radius 1 is 1.27 bits per heavy atom. The summed E-state index contributed by atoms with van der Waals surface area (Å²) in [6, 6.07) is 7.85. The second-order valence-corrected chi connectivity index (χ2v) is 3.61. The minimum absolute atomic E-state index is 0.229. The molecular weight excluding hydrogens is 156 g/mol. The molecule has 0 amide bonds. The molecule has 0 saturated heterocycles. The van der Waals surface area contributed by atoms with E-state index >= 15 is 0 Å². The molecule has 0 spiro atoms. The van der Waals surface area contributed by atoms with Gasteiger partial charge in [-0.1, -0.05) is 36.0 Å². The van der Waals surface area contributed by atoms with Crippen LogP contribution in [-0.2, 0) is 6.42 Å². The fourth-order valence-corrected chi connectivity index (χ4v) is 2.13. The van der Waals surface area contributed by atoms with Crippen molar-refractivity contribution in [3.05, 3.63) is 35.4 Å². The summed E-state index contributed by atoms with van der Waals surface area (Å²) in [7, 11) is 0. The fraction of sp³-hybridized carbons (Fsp3) is 0.222. The molecular formula is C9H8OS. The lowest BCUT2D eigenvalue weighted by molar-refractivity contribution is 0.108. The number of carbonyl (C=O) groups excluding carboxylic acids is 1. The summed E-state index contributed by atoms with van der Waals surface area (Å²) < 4.78 is 0. The van der Waals surface area contributed by atoms with E-state index in [2.05, 4.69) is 0 Å². The van der Waals surface area contributed by atoms with Gasteiger partial charge in [-0.05, 0) is 12.0 Å². The maximum Gasteiger partial charge on any atom is 0.219 e. The normalized spacial score (nSPS) is 16.2. The molecule has 1 aromatic carbocycles. The van der Waals surface area contributed by atoms with E-state index in [4.69, 9.17) is 0 Å². The Bertz CT molecular complexity index is 293. The van der Waals surface area contributed by atoms with Gasteiger partial charge in [0.1, 0.15) is 0 Å². The van der Waals surface area contributed by atoms with Crippen LogP contribution < -0.4 is 0 Å². The predicted molar refractivity (Wildman–Crippen MR) is 46.9 cm³/mol. The van der Waals surface area contributed by atoms with Crippen LogP contribution in [0.5, 0.6) is 0 Å². The number of hydrogen-bond acceptors (Lipinski definition) is 2. The van der Waals surface area contributed by atoms with Gasteiger partial charge in [-0.15, -0.1) is 0 Å². The van der Waals surface area contributed by atoms with Crippen molar-refractivity contribution >= 4 is 16.9 Å². The van der Waals surface area contributed by atoms with Crippen LogP contribution in [0.4, 0.5) is 0 Å². The zero-order chi connectivity index (χ0) is 7.68. The number of aryl methyl sites for hydroxylation is 1. The summed E-state index contributed by atoms with van der Waals surface area (Å²) >= 11 is 1.42. The number of carbonyl (C=O) groups is 1. The van der Waals surface area contributed by atoms with Crippen LogP contribution in [-0.4, -0.2) is 10.9 Å². The van der Waals surface area contributed by atoms with Gasteiger partial charge in [0.25, 0.3) is 0 Å². The van der Waals surface area contributed by atoms with Crippen molar-refractivity contribution in [2.24, 2.45) is 0 Å². The number of benzene rings is 1. The predicted octanol–water partition coefficient (Wildman–Crippen LogP) is 2.12. The zero-order valence-electron chi connectivity index (χ0n) is 6.04. The molecule has 0 aromatic heterocycles. The Labute approximate surface area is 69.8 Å². The van der Waals surface area contributed by atoms with Crippen LogP contribution in [0.25, 0.3) is 0 Å². The number of rotatable bonds is 0. The van der Waals surface area contributed by atoms with Gasteiger partial charge >= 0.3 is 0 Å². The van der Waals surface area contributed by atoms with Gasteiger partial charge in [0.05, 0.1) is 0 Å². The molecule has 0 bridgehead atoms. The molecule has 56 valence electrons. The first kappa shape index (κ1) is 6.92. The third-order valence-electron chi connectivity index (χ3n) is 1.84. The molecule has 1 aliphatic heterocycles. The van der Waals surface area contributed by atoms with Crippen molar-refractivity contribution < 1.29 is 4.79 Å². The van der Waals surface area contributed by atoms with Crippen molar-refractivity contribution in [2.45, 2.75) is 6.42 Å². The number of hydrogen-bond donors (Lipinski definition) is 0. The molecule has 0 aliphatic carbocycles. The average molecular weight is 164 g/mol. The molecule has 0 saturated carbocycles. The van der Waals surface area contributed by atoms with Crippen LogP contribution in [0.3, 0.4) is 0 Å². The third-order valence-corrected chi connectivity index (χ3v) is 2.73. The van der Waals surface area contributed by atoms with E-state index in [1.807, 2.05) is 24.3 Å². The largest absolute Gasteiger partial charge is 0.282 e. The van der Waals surface area contributed by atoms with Crippen molar-refractivity contribution in [1.29, 1.82) is 0 Å². The van der Waals surface area contributed by atoms with Gasteiger partial charge in [0.15, 0.2) is 0 Å². The summed E-state index contributed by atoms with van der Waals surface area (Å²) in [6.45, 7) is 0. The molecule has 0 fully saturated rings. The molecule has 0 N–H and O–H groups in total. The Balaban J connectivity index is 2.52. The first-order valence-corrected chi connectivity index (χ1v) is 4.61. The average Bonchev–Trinajstić information content (AvgIpc) is 2.06. The van der Waals surface area contributed by atoms with Gasteiger partial charge in [-0.2, -0.15) is 0 Å². The molecule has 2 rings (SSSR count). The lowest BCUT2D eigenvalue weighted by Gasteiger charge is -2.12. The summed E-state index contributed by atoms with van der Waals surface area (Å²) in [5, 5.41) is 0.229. The molecule has 1 aliphatic rings. The lowest BCUT2D eigenvalue weighted by Crippen LogP contribution is -2.08. The van der Waals surface area contributed by atoms with Gasteiger partial charge in [0.2, 0.25) is 5.12 Å². The number of thioether (sulfide) groups is 1. The van der Waals surface area contributed by atoms with Crippen molar-refractivity contribution in [3.63, 3.8) is 0 Å². The lowest BCUT2D eigenvalue weighted by atomic mass is 10.1. The van der Waals surface area contributed by atoms with E-state index < -0.39 is 0 Å². The highest BCUT2D eigenvalue weighted by Gasteiger charge is 2.15. The van der Waals surface area contributed by atoms with Gasteiger partial charge in [-0.25, -0.2) is 0 Å². The fourth-order valence-electron chi connectivity index (χ4n) is 1.27. The molecule has 0 unspecified atom stereocenters. The first-order valence-electron chi connectivity index (χ1n) is 3.63. The van der Waals surface area contributed by atoms with Gasteiger partial charge < -0.3 is 0 Å². The van der Waals surface area contributed by atoms with Crippen LogP contribution in [0.2, 0.25) is 0 Å². The van der Waals surface area contributed by atoms with E-state index in [0.717, 1.165) is 17.7 Å². The summed E-state index contributed by atoms with van der Waals surface area (Å²) in [5.74, 6) is 0.940. The summed E-state index contributed by atoms with van der Waals surface area (Å²) in [5.41, 5.74) is 2.11. The van der Waals surface area contributed by atoms with Crippen LogP contribution in [0, 0.1) is 0 Å². The van der Waals surface area contributed by atoms with E-state index in [-0.39, 0.29) is 5.12 Å². The van der Waals surface area contributed by atoms with E-state index in [9.17, 15) is 4.79 Å². The molecule has 11 heavy (non-hydrogen) atoms. The maximum atomic E-state index is 11.2. The second kappa shape index (κ2) is 2.70. The summed E-state index contributed by atoms with van der Waals surface area (Å²) in [6.07, 6.45) is 1.03. The van der Waals surface area contributed by atoms with E-state index in [1.54, 1.807) is 0 Å². The molecule has 1 aromatic rings. The SMILES string of the molecule is O=C1SCCc2ccccc21. The van der Waals surface area contributed by atoms with Crippen LogP contribution in [0.15, 0.2) is 24.3 Å². The molecule has 1 heterocycles. The summed E-state index contributed by atoms with van der Waals surface area (Å²) in [4.78, 5) is 11.2. The highest BCUT2D eigenvalue weighted by Crippen LogP contribution is 2.23. The smallest absolute Gasteiger partial charge is 0.219 e. The Hall–Kier alpha value is -0.760. The van der Waals surface area contributed by atoms with Crippen LogP contribution in [0.1, 0.15) is 15.9 Å². The van der Waals surface area contributed by atoms with E-state index in [0.29, 0.717) is 0 Å². The quantitative estimate of drug-likeness (QED) is 0.584. The topological polar surface area (TPSA) is 17.1 Å². The standard InChI is InChI=1S/C9H8OS/c10-9-8-4-2-1-3-7(8)5-6-11-9/h1-4H,5-6H2. The van der Waals surface area contributed by atoms with Crippen molar-refractivity contribution in [2.75, 3.05) is 5.75 Å². The Morgan fingerprint density at radius 3 is 2.91 bits per heavy atom. The highest BCUT2D eigenvalue weighted by molar-refractivity contribution is 8.14. The van der Waals surface area contributed by atoms with E-state index in [1.165, 1.54) is 17.3 Å². The number of fused-ring (bicyclic) bond motifs is 1. The van der Waals surface area contributed by atoms with Crippen molar-refractivity contribution in [3.8, 4) is 0 Å². The van der Waals surface area contributed by atoms with Crippen LogP contribution >= 0.6 is 11.8 Å².